The predicted octanol–water partition coefficient (Wildman–Crippen LogP) is 2.84. The van der Waals surface area contributed by atoms with E-state index in [0.29, 0.717) is 5.92 Å². The third-order valence-electron chi connectivity index (χ3n) is 3.08. The average Bonchev–Trinajstić information content (AvgIpc) is 2.27. The molecule has 0 spiro atoms. The van der Waals surface area contributed by atoms with Gasteiger partial charge in [0.1, 0.15) is 5.75 Å². The Morgan fingerprint density at radius 1 is 1.28 bits per heavy atom. The molecule has 0 aromatic heterocycles. The summed E-state index contributed by atoms with van der Waals surface area (Å²) in [5, 5.41) is 2.92. The van der Waals surface area contributed by atoms with E-state index in [1.165, 1.54) is 5.56 Å². The second kappa shape index (κ2) is 6.43. The highest BCUT2D eigenvalue weighted by molar-refractivity contribution is 5.77. The third kappa shape index (κ3) is 4.40. The standard InChI is InChI=1S/C15H23NO2/c1-10(2)13(5)16-15(17)9-18-14-7-6-11(3)8-12(14)4/h6-8,10,13H,9H2,1-5H3,(H,16,17). The Bertz CT molecular complexity index is 413. The van der Waals surface area contributed by atoms with E-state index in [1.54, 1.807) is 0 Å². The molecule has 0 heterocycles. The second-order valence-electron chi connectivity index (χ2n) is 5.16. The molecule has 1 aromatic carbocycles. The quantitative estimate of drug-likeness (QED) is 0.871. The summed E-state index contributed by atoms with van der Waals surface area (Å²) in [6.45, 7) is 10.2. The molecule has 1 unspecified atom stereocenters. The van der Waals surface area contributed by atoms with Gasteiger partial charge in [0.25, 0.3) is 5.91 Å². The fourth-order valence-electron chi connectivity index (χ4n) is 1.57. The van der Waals surface area contributed by atoms with Crippen molar-refractivity contribution in [2.75, 3.05) is 6.61 Å². The summed E-state index contributed by atoms with van der Waals surface area (Å²) >= 11 is 0. The third-order valence-corrected chi connectivity index (χ3v) is 3.08. The number of nitrogens with one attached hydrogen (secondary N) is 1. The highest BCUT2D eigenvalue weighted by atomic mass is 16.5. The average molecular weight is 249 g/mol. The van der Waals surface area contributed by atoms with E-state index >= 15 is 0 Å². The molecule has 100 valence electrons. The molecule has 3 nitrogen and oxygen atoms in total. The van der Waals surface area contributed by atoms with Crippen LogP contribution in [0, 0.1) is 19.8 Å². The smallest absolute Gasteiger partial charge is 0.258 e. The van der Waals surface area contributed by atoms with Crippen molar-refractivity contribution in [3.63, 3.8) is 0 Å². The van der Waals surface area contributed by atoms with E-state index in [0.717, 1.165) is 11.3 Å². The largest absolute Gasteiger partial charge is 0.484 e. The van der Waals surface area contributed by atoms with Crippen LogP contribution in [0.15, 0.2) is 18.2 Å². The van der Waals surface area contributed by atoms with Crippen LogP contribution in [0.5, 0.6) is 5.75 Å². The maximum absolute atomic E-state index is 11.7. The number of rotatable bonds is 5. The van der Waals surface area contributed by atoms with Crippen LogP contribution in [-0.4, -0.2) is 18.6 Å². The number of benzene rings is 1. The first-order valence-electron chi connectivity index (χ1n) is 6.39. The second-order valence-corrected chi connectivity index (χ2v) is 5.16. The molecule has 0 radical (unpaired) electrons. The molecule has 0 aliphatic carbocycles. The van der Waals surface area contributed by atoms with Crippen LogP contribution < -0.4 is 10.1 Å². The summed E-state index contributed by atoms with van der Waals surface area (Å²) in [6.07, 6.45) is 0. The number of ether oxygens (including phenoxy) is 1. The molecule has 0 bridgehead atoms. The molecule has 1 aromatic rings. The van der Waals surface area contributed by atoms with E-state index in [4.69, 9.17) is 4.74 Å². The van der Waals surface area contributed by atoms with Crippen molar-refractivity contribution in [3.8, 4) is 5.75 Å². The maximum Gasteiger partial charge on any atom is 0.258 e. The molecule has 18 heavy (non-hydrogen) atoms. The predicted molar refractivity (Wildman–Crippen MR) is 73.9 cm³/mol. The number of hydrogen-bond acceptors (Lipinski definition) is 2. The Hall–Kier alpha value is -1.51. The minimum atomic E-state index is -0.0730. The van der Waals surface area contributed by atoms with Crippen LogP contribution in [0.3, 0.4) is 0 Å². The number of carbonyl (C=O) groups is 1. The lowest BCUT2D eigenvalue weighted by atomic mass is 10.1. The van der Waals surface area contributed by atoms with Crippen molar-refractivity contribution < 1.29 is 9.53 Å². The molecular formula is C15H23NO2. The first kappa shape index (κ1) is 14.6. The molecule has 1 rings (SSSR count). The lowest BCUT2D eigenvalue weighted by Crippen LogP contribution is -2.39. The summed E-state index contributed by atoms with van der Waals surface area (Å²) in [7, 11) is 0. The molecule has 0 fully saturated rings. The molecule has 0 aliphatic heterocycles. The summed E-state index contributed by atoms with van der Waals surface area (Å²) in [5.74, 6) is 1.12. The van der Waals surface area contributed by atoms with Gasteiger partial charge in [-0.2, -0.15) is 0 Å². The molecule has 3 heteroatoms. The Morgan fingerprint density at radius 3 is 2.50 bits per heavy atom. The topological polar surface area (TPSA) is 38.3 Å². The van der Waals surface area contributed by atoms with Crippen molar-refractivity contribution in [2.45, 2.75) is 40.7 Å². The summed E-state index contributed by atoms with van der Waals surface area (Å²) in [5.41, 5.74) is 2.25. The van der Waals surface area contributed by atoms with Crippen molar-refractivity contribution in [2.24, 2.45) is 5.92 Å². The van der Waals surface area contributed by atoms with Crippen molar-refractivity contribution in [3.05, 3.63) is 29.3 Å². The number of amides is 1. The number of hydrogen-bond donors (Lipinski definition) is 1. The SMILES string of the molecule is Cc1ccc(OCC(=O)NC(C)C(C)C)c(C)c1. The minimum Gasteiger partial charge on any atom is -0.484 e. The van der Waals surface area contributed by atoms with Gasteiger partial charge in [0.2, 0.25) is 0 Å². The van der Waals surface area contributed by atoms with Crippen LogP contribution in [0.2, 0.25) is 0 Å². The van der Waals surface area contributed by atoms with Crippen LogP contribution in [0.1, 0.15) is 31.9 Å². The van der Waals surface area contributed by atoms with Crippen LogP contribution >= 0.6 is 0 Å². The first-order valence-corrected chi connectivity index (χ1v) is 6.39. The summed E-state index contributed by atoms with van der Waals surface area (Å²) < 4.78 is 5.52. The van der Waals surface area contributed by atoms with E-state index < -0.39 is 0 Å². The van der Waals surface area contributed by atoms with Crippen molar-refractivity contribution >= 4 is 5.91 Å². The highest BCUT2D eigenvalue weighted by Gasteiger charge is 2.11. The number of carbonyl (C=O) groups excluding carboxylic acids is 1. The van der Waals surface area contributed by atoms with E-state index in [9.17, 15) is 4.79 Å². The Labute approximate surface area is 110 Å². The molecule has 0 saturated carbocycles. The molecule has 1 N–H and O–H groups in total. The van der Waals surface area contributed by atoms with Gasteiger partial charge < -0.3 is 10.1 Å². The van der Waals surface area contributed by atoms with E-state index in [-0.39, 0.29) is 18.6 Å². The lowest BCUT2D eigenvalue weighted by Gasteiger charge is -2.17. The first-order chi connectivity index (χ1) is 8.40. The van der Waals surface area contributed by atoms with E-state index in [1.807, 2.05) is 39.0 Å². The molecular weight excluding hydrogens is 226 g/mol. The summed E-state index contributed by atoms with van der Waals surface area (Å²) in [6, 6.07) is 6.10. The van der Waals surface area contributed by atoms with Gasteiger partial charge in [-0.05, 0) is 38.3 Å². The minimum absolute atomic E-state index is 0.0704. The molecule has 1 amide bonds. The molecule has 0 saturated heterocycles. The van der Waals surface area contributed by atoms with Crippen LogP contribution in [0.4, 0.5) is 0 Å². The maximum atomic E-state index is 11.7. The zero-order chi connectivity index (χ0) is 13.7. The Morgan fingerprint density at radius 2 is 1.94 bits per heavy atom. The molecule has 0 aliphatic rings. The van der Waals surface area contributed by atoms with Gasteiger partial charge in [-0.15, -0.1) is 0 Å². The lowest BCUT2D eigenvalue weighted by molar-refractivity contribution is -0.124. The zero-order valence-electron chi connectivity index (χ0n) is 11.9. The Kier molecular flexibility index (Phi) is 5.20. The zero-order valence-corrected chi connectivity index (χ0v) is 11.9. The van der Waals surface area contributed by atoms with Crippen molar-refractivity contribution in [1.29, 1.82) is 0 Å². The summed E-state index contributed by atoms with van der Waals surface area (Å²) in [4.78, 5) is 11.7. The van der Waals surface area contributed by atoms with Crippen LogP contribution in [-0.2, 0) is 4.79 Å². The van der Waals surface area contributed by atoms with Gasteiger partial charge in [-0.3, -0.25) is 4.79 Å². The van der Waals surface area contributed by atoms with Gasteiger partial charge in [0, 0.05) is 6.04 Å². The van der Waals surface area contributed by atoms with Gasteiger partial charge >= 0.3 is 0 Å². The normalized spacial score (nSPS) is 12.3. The van der Waals surface area contributed by atoms with Gasteiger partial charge in [0.05, 0.1) is 0 Å². The monoisotopic (exact) mass is 249 g/mol. The van der Waals surface area contributed by atoms with Gasteiger partial charge in [-0.1, -0.05) is 31.5 Å². The highest BCUT2D eigenvalue weighted by Crippen LogP contribution is 2.18. The van der Waals surface area contributed by atoms with Crippen LogP contribution in [0.25, 0.3) is 0 Å². The Balaban J connectivity index is 2.47. The number of aryl methyl sites for hydroxylation is 2. The van der Waals surface area contributed by atoms with E-state index in [2.05, 4.69) is 19.2 Å². The fraction of sp³-hybridized carbons (Fsp3) is 0.533. The molecule has 1 atom stereocenters. The van der Waals surface area contributed by atoms with Crippen molar-refractivity contribution in [1.82, 2.24) is 5.32 Å². The van der Waals surface area contributed by atoms with Gasteiger partial charge in [-0.25, -0.2) is 0 Å². The van der Waals surface area contributed by atoms with Gasteiger partial charge in [0.15, 0.2) is 6.61 Å². The fourth-order valence-corrected chi connectivity index (χ4v) is 1.57.